The van der Waals surface area contributed by atoms with Gasteiger partial charge in [-0.3, -0.25) is 4.79 Å². The molecule has 19 heavy (non-hydrogen) atoms. The molecule has 0 fully saturated rings. The molecule has 1 aromatic rings. The highest BCUT2D eigenvalue weighted by molar-refractivity contribution is 6.30. The van der Waals surface area contributed by atoms with Crippen molar-refractivity contribution < 1.29 is 9.53 Å². The van der Waals surface area contributed by atoms with Gasteiger partial charge in [0.1, 0.15) is 5.75 Å². The van der Waals surface area contributed by atoms with E-state index in [1.165, 1.54) is 0 Å². The van der Waals surface area contributed by atoms with Crippen molar-refractivity contribution in [1.29, 1.82) is 0 Å². The lowest BCUT2D eigenvalue weighted by atomic mass is 10.1. The second kappa shape index (κ2) is 8.05. The van der Waals surface area contributed by atoms with E-state index in [1.54, 1.807) is 24.3 Å². The first-order valence-electron chi connectivity index (χ1n) is 6.72. The van der Waals surface area contributed by atoms with Gasteiger partial charge in [0, 0.05) is 11.6 Å². The quantitative estimate of drug-likeness (QED) is 0.829. The second-order valence-electron chi connectivity index (χ2n) is 4.95. The van der Waals surface area contributed by atoms with Crippen LogP contribution in [0.5, 0.6) is 5.75 Å². The first-order valence-corrected chi connectivity index (χ1v) is 7.10. The zero-order valence-electron chi connectivity index (χ0n) is 11.8. The number of carbonyl (C=O) groups is 1. The Morgan fingerprint density at radius 3 is 2.74 bits per heavy atom. The van der Waals surface area contributed by atoms with Gasteiger partial charge in [0.05, 0.1) is 0 Å². The summed E-state index contributed by atoms with van der Waals surface area (Å²) in [4.78, 5) is 12.0. The highest BCUT2D eigenvalue weighted by Gasteiger charge is 2.17. The van der Waals surface area contributed by atoms with E-state index in [9.17, 15) is 4.79 Å². The molecule has 0 saturated heterocycles. The van der Waals surface area contributed by atoms with Gasteiger partial charge in [-0.1, -0.05) is 38.4 Å². The Morgan fingerprint density at radius 2 is 2.16 bits per heavy atom. The highest BCUT2D eigenvalue weighted by atomic mass is 35.5. The first kappa shape index (κ1) is 15.8. The highest BCUT2D eigenvalue weighted by Crippen LogP contribution is 2.19. The molecule has 1 atom stereocenters. The number of amides is 1. The minimum Gasteiger partial charge on any atom is -0.481 e. The summed E-state index contributed by atoms with van der Waals surface area (Å²) in [6.07, 6.45) is 1.13. The molecule has 1 amide bonds. The van der Waals surface area contributed by atoms with Gasteiger partial charge in [-0.15, -0.1) is 0 Å². The molecule has 0 saturated carbocycles. The van der Waals surface area contributed by atoms with Crippen molar-refractivity contribution in [3.63, 3.8) is 0 Å². The van der Waals surface area contributed by atoms with Crippen LogP contribution in [0.4, 0.5) is 0 Å². The minimum atomic E-state index is -0.467. The molecule has 3 nitrogen and oxygen atoms in total. The van der Waals surface area contributed by atoms with Crippen LogP contribution in [0.2, 0.25) is 5.02 Å². The molecule has 0 heterocycles. The van der Waals surface area contributed by atoms with Crippen LogP contribution >= 0.6 is 11.6 Å². The van der Waals surface area contributed by atoms with Gasteiger partial charge >= 0.3 is 0 Å². The van der Waals surface area contributed by atoms with E-state index in [-0.39, 0.29) is 5.91 Å². The summed E-state index contributed by atoms with van der Waals surface area (Å²) in [5.41, 5.74) is 0. The fourth-order valence-corrected chi connectivity index (χ4v) is 1.80. The smallest absolute Gasteiger partial charge is 0.261 e. The number of rotatable bonds is 7. The third-order valence-corrected chi connectivity index (χ3v) is 2.99. The molecule has 0 aromatic heterocycles. The number of carbonyl (C=O) groups excluding carboxylic acids is 1. The summed E-state index contributed by atoms with van der Waals surface area (Å²) in [5, 5.41) is 3.51. The molecule has 0 aliphatic carbocycles. The standard InChI is InChI=1S/C15H22ClNO2/c1-4-14(15(18)17-9-8-11(2)3)19-13-7-5-6-12(16)10-13/h5-7,10-11,14H,4,8-9H2,1-3H3,(H,17,18). The summed E-state index contributed by atoms with van der Waals surface area (Å²) in [5.74, 6) is 1.13. The summed E-state index contributed by atoms with van der Waals surface area (Å²) >= 11 is 5.89. The number of hydrogen-bond acceptors (Lipinski definition) is 2. The second-order valence-corrected chi connectivity index (χ2v) is 5.38. The molecule has 106 valence electrons. The number of nitrogens with one attached hydrogen (secondary N) is 1. The molecule has 0 radical (unpaired) electrons. The van der Waals surface area contributed by atoms with Crippen molar-refractivity contribution in [2.24, 2.45) is 5.92 Å². The van der Waals surface area contributed by atoms with Gasteiger partial charge < -0.3 is 10.1 Å². The number of benzene rings is 1. The van der Waals surface area contributed by atoms with E-state index in [0.29, 0.717) is 29.7 Å². The van der Waals surface area contributed by atoms with E-state index < -0.39 is 6.10 Å². The summed E-state index contributed by atoms with van der Waals surface area (Å²) < 4.78 is 5.67. The predicted octanol–water partition coefficient (Wildman–Crippen LogP) is 3.66. The van der Waals surface area contributed by atoms with Crippen molar-refractivity contribution in [1.82, 2.24) is 5.32 Å². The summed E-state index contributed by atoms with van der Waals surface area (Å²) in [6, 6.07) is 7.10. The predicted molar refractivity (Wildman–Crippen MR) is 78.6 cm³/mol. The Kier molecular flexibility index (Phi) is 6.71. The van der Waals surface area contributed by atoms with Gasteiger partial charge in [0.25, 0.3) is 5.91 Å². The normalized spacial score (nSPS) is 12.3. The minimum absolute atomic E-state index is 0.0666. The van der Waals surface area contributed by atoms with E-state index >= 15 is 0 Å². The van der Waals surface area contributed by atoms with Gasteiger partial charge in [-0.2, -0.15) is 0 Å². The van der Waals surface area contributed by atoms with Crippen molar-refractivity contribution in [3.8, 4) is 5.75 Å². The Bertz CT molecular complexity index is 407. The number of hydrogen-bond donors (Lipinski definition) is 1. The number of halogens is 1. The van der Waals surface area contributed by atoms with Gasteiger partial charge in [-0.25, -0.2) is 0 Å². The maximum atomic E-state index is 12.0. The third-order valence-electron chi connectivity index (χ3n) is 2.76. The lowest BCUT2D eigenvalue weighted by Gasteiger charge is -2.17. The molecule has 0 spiro atoms. The van der Waals surface area contributed by atoms with Crippen molar-refractivity contribution >= 4 is 17.5 Å². The van der Waals surface area contributed by atoms with Crippen molar-refractivity contribution in [2.45, 2.75) is 39.7 Å². The van der Waals surface area contributed by atoms with Crippen LogP contribution < -0.4 is 10.1 Å². The monoisotopic (exact) mass is 283 g/mol. The molecule has 0 aliphatic heterocycles. The van der Waals surface area contributed by atoms with Crippen LogP contribution in [0.1, 0.15) is 33.6 Å². The van der Waals surface area contributed by atoms with Crippen LogP contribution in [-0.2, 0) is 4.79 Å². The Labute approximate surface area is 120 Å². The first-order chi connectivity index (χ1) is 9.02. The van der Waals surface area contributed by atoms with Gasteiger partial charge in [-0.05, 0) is 37.0 Å². The summed E-state index contributed by atoms with van der Waals surface area (Å²) in [7, 11) is 0. The van der Waals surface area contributed by atoms with E-state index in [4.69, 9.17) is 16.3 Å². The molecule has 1 aromatic carbocycles. The Hall–Kier alpha value is -1.22. The summed E-state index contributed by atoms with van der Waals surface area (Å²) in [6.45, 7) is 6.88. The Balaban J connectivity index is 2.50. The molecule has 1 rings (SSSR count). The van der Waals surface area contributed by atoms with Gasteiger partial charge in [0.15, 0.2) is 6.10 Å². The molecule has 1 N–H and O–H groups in total. The van der Waals surface area contributed by atoms with Crippen LogP contribution in [0.3, 0.4) is 0 Å². The average molecular weight is 284 g/mol. The molecule has 4 heteroatoms. The van der Waals surface area contributed by atoms with Crippen LogP contribution in [0.25, 0.3) is 0 Å². The van der Waals surface area contributed by atoms with E-state index in [1.807, 2.05) is 6.92 Å². The fourth-order valence-electron chi connectivity index (χ4n) is 1.62. The Morgan fingerprint density at radius 1 is 1.42 bits per heavy atom. The van der Waals surface area contributed by atoms with E-state index in [0.717, 1.165) is 6.42 Å². The average Bonchev–Trinajstić information content (AvgIpc) is 2.35. The topological polar surface area (TPSA) is 38.3 Å². The lowest BCUT2D eigenvalue weighted by molar-refractivity contribution is -0.128. The third kappa shape index (κ3) is 5.97. The van der Waals surface area contributed by atoms with Crippen molar-refractivity contribution in [3.05, 3.63) is 29.3 Å². The van der Waals surface area contributed by atoms with Gasteiger partial charge in [0.2, 0.25) is 0 Å². The van der Waals surface area contributed by atoms with Crippen LogP contribution in [0, 0.1) is 5.92 Å². The van der Waals surface area contributed by atoms with E-state index in [2.05, 4.69) is 19.2 Å². The maximum Gasteiger partial charge on any atom is 0.261 e. The molecular formula is C15H22ClNO2. The number of ether oxygens (including phenoxy) is 1. The lowest BCUT2D eigenvalue weighted by Crippen LogP contribution is -2.38. The van der Waals surface area contributed by atoms with Crippen LogP contribution in [0.15, 0.2) is 24.3 Å². The SMILES string of the molecule is CCC(Oc1cccc(Cl)c1)C(=O)NCCC(C)C. The zero-order chi connectivity index (χ0) is 14.3. The molecule has 0 bridgehead atoms. The van der Waals surface area contributed by atoms with Crippen molar-refractivity contribution in [2.75, 3.05) is 6.54 Å². The zero-order valence-corrected chi connectivity index (χ0v) is 12.5. The molecular weight excluding hydrogens is 262 g/mol. The molecule has 0 aliphatic rings. The molecule has 1 unspecified atom stereocenters. The maximum absolute atomic E-state index is 12.0. The fraction of sp³-hybridized carbons (Fsp3) is 0.533. The van der Waals surface area contributed by atoms with Crippen LogP contribution in [-0.4, -0.2) is 18.6 Å². The largest absolute Gasteiger partial charge is 0.481 e.